The molecule has 1 aliphatic heterocycles. The highest BCUT2D eigenvalue weighted by Crippen LogP contribution is 2.44. The van der Waals surface area contributed by atoms with E-state index < -0.39 is 85.8 Å². The predicted molar refractivity (Wildman–Crippen MR) is 160 cm³/mol. The van der Waals surface area contributed by atoms with Crippen LogP contribution >= 0.6 is 0 Å². The number of carbonyl (C=O) groups is 6. The molecule has 4 rings (SSSR count). The molecule has 0 saturated carbocycles. The van der Waals surface area contributed by atoms with Crippen LogP contribution in [0.25, 0.3) is 11.1 Å². The number of carboxylic acids is 1. The molecule has 15 nitrogen and oxygen atoms in total. The van der Waals surface area contributed by atoms with Crippen molar-refractivity contribution in [3.63, 3.8) is 0 Å². The SMILES string of the molecule is CC(=O)N[C@H]1[C@H](OC[C@H](NC(=O)OCC2c3ccccc3-c3ccccc32)C(=O)O)O[C@@H](COC(C)=O)[C@@H](OC(C)=O)[C@H]1OC(C)=O. The molecular formula is C32H36N2O13. The van der Waals surface area contributed by atoms with Gasteiger partial charge >= 0.3 is 30.0 Å². The molecule has 252 valence electrons. The van der Waals surface area contributed by atoms with Gasteiger partial charge in [0.2, 0.25) is 5.91 Å². The topological polar surface area (TPSA) is 202 Å². The summed E-state index contributed by atoms with van der Waals surface area (Å²) in [5.41, 5.74) is 3.97. The van der Waals surface area contributed by atoms with Gasteiger partial charge in [-0.1, -0.05) is 48.5 Å². The van der Waals surface area contributed by atoms with Crippen LogP contribution in [-0.4, -0.2) is 97.5 Å². The number of alkyl carbamates (subject to hydrolysis) is 1. The summed E-state index contributed by atoms with van der Waals surface area (Å²) in [6.45, 7) is 3.23. The van der Waals surface area contributed by atoms with Crippen molar-refractivity contribution in [3.8, 4) is 11.1 Å². The van der Waals surface area contributed by atoms with E-state index in [2.05, 4.69) is 10.6 Å². The van der Waals surface area contributed by atoms with E-state index >= 15 is 0 Å². The number of aliphatic carboxylic acids is 1. The number of esters is 3. The molecule has 0 radical (unpaired) electrons. The average Bonchev–Trinajstić information content (AvgIpc) is 3.32. The van der Waals surface area contributed by atoms with Gasteiger partial charge in [0.15, 0.2) is 24.5 Å². The lowest BCUT2D eigenvalue weighted by Crippen LogP contribution is -2.67. The Morgan fingerprint density at radius 3 is 1.89 bits per heavy atom. The smallest absolute Gasteiger partial charge is 0.407 e. The number of hydrogen-bond acceptors (Lipinski definition) is 12. The summed E-state index contributed by atoms with van der Waals surface area (Å²) in [6.07, 6.45) is -6.58. The van der Waals surface area contributed by atoms with Gasteiger partial charge in [0.25, 0.3) is 0 Å². The zero-order valence-electron chi connectivity index (χ0n) is 26.1. The van der Waals surface area contributed by atoms with E-state index in [4.69, 9.17) is 28.4 Å². The van der Waals surface area contributed by atoms with Gasteiger partial charge in [0.1, 0.15) is 25.4 Å². The van der Waals surface area contributed by atoms with Crippen LogP contribution in [0, 0.1) is 0 Å². The zero-order chi connectivity index (χ0) is 34.2. The van der Waals surface area contributed by atoms with E-state index in [1.54, 1.807) is 0 Å². The first kappa shape index (κ1) is 34.8. The molecule has 1 aliphatic carbocycles. The summed E-state index contributed by atoms with van der Waals surface area (Å²) in [7, 11) is 0. The van der Waals surface area contributed by atoms with Crippen LogP contribution in [0.2, 0.25) is 0 Å². The van der Waals surface area contributed by atoms with Crippen LogP contribution < -0.4 is 10.6 Å². The Labute approximate surface area is 269 Å². The van der Waals surface area contributed by atoms with Gasteiger partial charge in [-0.15, -0.1) is 0 Å². The Bertz CT molecular complexity index is 1470. The highest BCUT2D eigenvalue weighted by atomic mass is 16.7. The lowest BCUT2D eigenvalue weighted by atomic mass is 9.96. The van der Waals surface area contributed by atoms with Crippen molar-refractivity contribution < 1.29 is 62.3 Å². The molecule has 2 amide bonds. The van der Waals surface area contributed by atoms with Gasteiger partial charge in [0.05, 0.1) is 6.61 Å². The maximum Gasteiger partial charge on any atom is 0.407 e. The molecule has 0 bridgehead atoms. The fraction of sp³-hybridized carbons (Fsp3) is 0.438. The second-order valence-electron chi connectivity index (χ2n) is 10.9. The summed E-state index contributed by atoms with van der Waals surface area (Å²) in [5, 5.41) is 14.6. The number of carbonyl (C=O) groups excluding carboxylic acids is 5. The minimum absolute atomic E-state index is 0.0666. The number of fused-ring (bicyclic) bond motifs is 3. The number of hydrogen-bond donors (Lipinski definition) is 3. The molecule has 2 aromatic rings. The van der Waals surface area contributed by atoms with Crippen LogP contribution in [0.1, 0.15) is 44.7 Å². The molecule has 2 aromatic carbocycles. The second-order valence-corrected chi connectivity index (χ2v) is 10.9. The van der Waals surface area contributed by atoms with Crippen LogP contribution in [0.3, 0.4) is 0 Å². The van der Waals surface area contributed by atoms with E-state index in [0.717, 1.165) is 49.9 Å². The molecule has 1 fully saturated rings. The maximum atomic E-state index is 12.8. The van der Waals surface area contributed by atoms with Crippen molar-refractivity contribution in [2.24, 2.45) is 0 Å². The molecule has 0 unspecified atom stereocenters. The molecule has 3 N–H and O–H groups in total. The minimum Gasteiger partial charge on any atom is -0.480 e. The largest absolute Gasteiger partial charge is 0.480 e. The minimum atomic E-state index is -1.66. The average molecular weight is 657 g/mol. The number of carboxylic acid groups (broad SMARTS) is 1. The van der Waals surface area contributed by atoms with Crippen molar-refractivity contribution in [1.82, 2.24) is 10.6 Å². The van der Waals surface area contributed by atoms with Gasteiger partial charge in [-0.25, -0.2) is 9.59 Å². The monoisotopic (exact) mass is 656 g/mol. The Morgan fingerprint density at radius 2 is 1.36 bits per heavy atom. The molecular weight excluding hydrogens is 620 g/mol. The van der Waals surface area contributed by atoms with Crippen molar-refractivity contribution in [2.45, 2.75) is 70.3 Å². The van der Waals surface area contributed by atoms with Gasteiger partial charge in [0, 0.05) is 33.6 Å². The van der Waals surface area contributed by atoms with Gasteiger partial charge in [-0.05, 0) is 22.3 Å². The number of benzene rings is 2. The summed E-state index contributed by atoms with van der Waals surface area (Å²) in [6, 6.07) is 12.5. The van der Waals surface area contributed by atoms with E-state index in [-0.39, 0.29) is 12.5 Å². The first-order chi connectivity index (χ1) is 22.3. The standard InChI is InChI=1S/C32H36N2O13/c1-16(35)33-27-29(46-19(4)38)28(45-18(3)37)26(15-42-17(2)36)47-31(27)43-14-25(30(39)40)34-32(41)44-13-24-22-11-7-5-9-20(22)21-10-6-8-12-23(21)24/h5-12,24-29,31H,13-15H2,1-4H3,(H,33,35)(H,34,41)(H,39,40)/t25-,26-,27+,28+,29-,31+/m0/s1. The second kappa shape index (κ2) is 15.5. The highest BCUT2D eigenvalue weighted by molar-refractivity contribution is 5.81. The van der Waals surface area contributed by atoms with E-state index in [0.29, 0.717) is 0 Å². The molecule has 1 saturated heterocycles. The Morgan fingerprint density at radius 1 is 0.787 bits per heavy atom. The van der Waals surface area contributed by atoms with Gasteiger partial charge in [-0.3, -0.25) is 19.2 Å². The van der Waals surface area contributed by atoms with E-state index in [1.165, 1.54) is 0 Å². The maximum absolute atomic E-state index is 12.8. The first-order valence-electron chi connectivity index (χ1n) is 14.7. The lowest BCUT2D eigenvalue weighted by Gasteiger charge is -2.45. The fourth-order valence-corrected chi connectivity index (χ4v) is 5.58. The van der Waals surface area contributed by atoms with Crippen LogP contribution in [0.5, 0.6) is 0 Å². The summed E-state index contributed by atoms with van der Waals surface area (Å²) < 4.78 is 32.8. The molecule has 6 atom stereocenters. The third-order valence-corrected chi connectivity index (χ3v) is 7.43. The summed E-state index contributed by atoms with van der Waals surface area (Å²) >= 11 is 0. The van der Waals surface area contributed by atoms with Crippen LogP contribution in [-0.2, 0) is 52.4 Å². The molecule has 2 aliphatic rings. The Balaban J connectivity index is 1.48. The fourth-order valence-electron chi connectivity index (χ4n) is 5.58. The van der Waals surface area contributed by atoms with Crippen molar-refractivity contribution in [2.75, 3.05) is 19.8 Å². The summed E-state index contributed by atoms with van der Waals surface area (Å²) in [4.78, 5) is 72.6. The normalized spacial score (nSPS) is 22.1. The predicted octanol–water partition coefficient (Wildman–Crippen LogP) is 1.65. The number of amides is 2. The number of nitrogens with one attached hydrogen (secondary N) is 2. The van der Waals surface area contributed by atoms with Gasteiger partial charge in [-0.2, -0.15) is 0 Å². The zero-order valence-corrected chi connectivity index (χ0v) is 26.1. The Kier molecular flexibility index (Phi) is 11.5. The van der Waals surface area contributed by atoms with E-state index in [1.807, 2.05) is 48.5 Å². The van der Waals surface area contributed by atoms with Gasteiger partial charge < -0.3 is 44.2 Å². The van der Waals surface area contributed by atoms with Crippen molar-refractivity contribution >= 4 is 35.9 Å². The third kappa shape index (κ3) is 8.83. The quantitative estimate of drug-likeness (QED) is 0.220. The number of rotatable bonds is 12. The van der Waals surface area contributed by atoms with Crippen molar-refractivity contribution in [1.29, 1.82) is 0 Å². The molecule has 0 aromatic heterocycles. The summed E-state index contributed by atoms with van der Waals surface area (Å²) in [5.74, 6) is -4.65. The molecule has 15 heteroatoms. The van der Waals surface area contributed by atoms with Crippen molar-refractivity contribution in [3.05, 3.63) is 59.7 Å². The van der Waals surface area contributed by atoms with Crippen LogP contribution in [0.4, 0.5) is 4.79 Å². The Hall–Kier alpha value is -5.02. The van der Waals surface area contributed by atoms with E-state index in [9.17, 15) is 33.9 Å². The molecule has 47 heavy (non-hydrogen) atoms. The number of ether oxygens (including phenoxy) is 6. The highest BCUT2D eigenvalue weighted by Gasteiger charge is 2.51. The molecule has 0 spiro atoms. The lowest BCUT2D eigenvalue weighted by molar-refractivity contribution is -0.278. The van der Waals surface area contributed by atoms with Crippen LogP contribution in [0.15, 0.2) is 48.5 Å². The third-order valence-electron chi connectivity index (χ3n) is 7.43. The first-order valence-corrected chi connectivity index (χ1v) is 14.7. The molecule has 1 heterocycles.